The normalized spacial score (nSPS) is 20.7. The quantitative estimate of drug-likeness (QED) is 0.535. The molecule has 1 heterocycles. The molecule has 0 N–H and O–H groups in total. The van der Waals surface area contributed by atoms with Crippen LogP contribution in [0.5, 0.6) is 0 Å². The minimum Gasteiger partial charge on any atom is -0.380 e. The fourth-order valence-electron chi connectivity index (χ4n) is 3.17. The third-order valence-corrected chi connectivity index (χ3v) is 4.89. The van der Waals surface area contributed by atoms with E-state index < -0.39 is 0 Å². The largest absolute Gasteiger partial charge is 0.380 e. The summed E-state index contributed by atoms with van der Waals surface area (Å²) in [7, 11) is 1.83. The number of unbranched alkanes of at least 4 members (excludes halogenated alkanes) is 5. The second-order valence-electron chi connectivity index (χ2n) is 7.16. The second kappa shape index (κ2) is 19.1. The fourth-order valence-corrected chi connectivity index (χ4v) is 3.17. The minimum absolute atomic E-state index is 0.282. The number of hydrogen-bond acceptors (Lipinski definition) is 6. The molecular formula is C21H43NO5. The van der Waals surface area contributed by atoms with Gasteiger partial charge in [0.25, 0.3) is 0 Å². The number of ether oxygens (including phenoxy) is 5. The average molecular weight is 390 g/mol. The van der Waals surface area contributed by atoms with Crippen molar-refractivity contribution in [1.82, 2.24) is 4.90 Å². The summed E-state index contributed by atoms with van der Waals surface area (Å²) in [5, 5.41) is 0. The van der Waals surface area contributed by atoms with Crippen LogP contribution in [-0.4, -0.2) is 90.6 Å². The first kappa shape index (κ1) is 24.8. The zero-order chi connectivity index (χ0) is 19.4. The molecule has 0 saturated carbocycles. The van der Waals surface area contributed by atoms with E-state index in [0.29, 0.717) is 52.9 Å². The first-order valence-electron chi connectivity index (χ1n) is 10.9. The number of nitrogens with zero attached hydrogens (tertiary/aromatic N) is 1. The molecule has 0 aromatic rings. The highest BCUT2D eigenvalue weighted by Crippen LogP contribution is 2.11. The SMILES string of the molecule is CCCCCCCCC(CN1CCOCCOCCOCCOCC1)OC. The van der Waals surface area contributed by atoms with Crippen molar-refractivity contribution < 1.29 is 23.7 Å². The molecule has 0 aliphatic carbocycles. The van der Waals surface area contributed by atoms with Crippen LogP contribution >= 0.6 is 0 Å². The molecule has 0 radical (unpaired) electrons. The van der Waals surface area contributed by atoms with Crippen LogP contribution in [0.3, 0.4) is 0 Å². The summed E-state index contributed by atoms with van der Waals surface area (Å²) in [5.74, 6) is 0. The van der Waals surface area contributed by atoms with Gasteiger partial charge < -0.3 is 23.7 Å². The summed E-state index contributed by atoms with van der Waals surface area (Å²) < 4.78 is 28.1. The van der Waals surface area contributed by atoms with Crippen molar-refractivity contribution >= 4 is 0 Å². The maximum absolute atomic E-state index is 5.74. The molecule has 6 nitrogen and oxygen atoms in total. The van der Waals surface area contributed by atoms with Crippen LogP contribution in [0.15, 0.2) is 0 Å². The average Bonchev–Trinajstić information content (AvgIpc) is 2.69. The lowest BCUT2D eigenvalue weighted by molar-refractivity contribution is 0.00206. The molecule has 1 atom stereocenters. The van der Waals surface area contributed by atoms with Crippen molar-refractivity contribution in [3.05, 3.63) is 0 Å². The van der Waals surface area contributed by atoms with Crippen molar-refractivity contribution in [2.45, 2.75) is 58.0 Å². The lowest BCUT2D eigenvalue weighted by Gasteiger charge is -2.27. The van der Waals surface area contributed by atoms with Crippen LogP contribution in [0.4, 0.5) is 0 Å². The van der Waals surface area contributed by atoms with Crippen molar-refractivity contribution in [3.8, 4) is 0 Å². The van der Waals surface area contributed by atoms with Gasteiger partial charge in [-0.25, -0.2) is 0 Å². The van der Waals surface area contributed by atoms with E-state index in [9.17, 15) is 0 Å². The van der Waals surface area contributed by atoms with Crippen molar-refractivity contribution in [2.75, 3.05) is 79.6 Å². The molecular weight excluding hydrogens is 346 g/mol. The molecule has 0 bridgehead atoms. The van der Waals surface area contributed by atoms with E-state index in [-0.39, 0.29) is 6.10 Å². The van der Waals surface area contributed by atoms with Gasteiger partial charge in [0.2, 0.25) is 0 Å². The van der Waals surface area contributed by atoms with Gasteiger partial charge in [-0.15, -0.1) is 0 Å². The van der Waals surface area contributed by atoms with Gasteiger partial charge in [-0.1, -0.05) is 45.4 Å². The number of hydrogen-bond donors (Lipinski definition) is 0. The van der Waals surface area contributed by atoms with E-state index in [0.717, 1.165) is 26.1 Å². The third kappa shape index (κ3) is 15.4. The van der Waals surface area contributed by atoms with Crippen LogP contribution in [0.1, 0.15) is 51.9 Å². The van der Waals surface area contributed by atoms with Gasteiger partial charge in [-0.3, -0.25) is 4.90 Å². The van der Waals surface area contributed by atoms with Crippen LogP contribution in [-0.2, 0) is 23.7 Å². The standard InChI is InChI=1S/C21H43NO5/c1-3-4-5-6-7-8-9-21(23-2)20-22-10-12-24-14-16-26-18-19-27-17-15-25-13-11-22/h21H,3-20H2,1-2H3. The maximum atomic E-state index is 5.74. The Morgan fingerprint density at radius 2 is 1.19 bits per heavy atom. The van der Waals surface area contributed by atoms with Gasteiger partial charge in [0, 0.05) is 26.7 Å². The van der Waals surface area contributed by atoms with E-state index in [1.807, 2.05) is 7.11 Å². The Kier molecular flexibility index (Phi) is 17.5. The fraction of sp³-hybridized carbons (Fsp3) is 1.00. The molecule has 1 aliphatic heterocycles. The first-order valence-corrected chi connectivity index (χ1v) is 10.9. The van der Waals surface area contributed by atoms with Gasteiger partial charge in [0.1, 0.15) is 0 Å². The highest BCUT2D eigenvalue weighted by Gasteiger charge is 2.14. The molecule has 1 fully saturated rings. The molecule has 162 valence electrons. The van der Waals surface area contributed by atoms with E-state index in [4.69, 9.17) is 23.7 Å². The maximum Gasteiger partial charge on any atom is 0.0701 e. The van der Waals surface area contributed by atoms with Crippen LogP contribution in [0, 0.1) is 0 Å². The summed E-state index contributed by atoms with van der Waals surface area (Å²) in [6.45, 7) is 10.2. The molecule has 0 spiro atoms. The summed E-state index contributed by atoms with van der Waals surface area (Å²) in [6.07, 6.45) is 9.34. The van der Waals surface area contributed by atoms with E-state index in [2.05, 4.69) is 11.8 Å². The predicted molar refractivity (Wildman–Crippen MR) is 109 cm³/mol. The highest BCUT2D eigenvalue weighted by atomic mass is 16.6. The Bertz CT molecular complexity index is 290. The summed E-state index contributed by atoms with van der Waals surface area (Å²) in [5.41, 5.74) is 0. The molecule has 1 rings (SSSR count). The molecule has 1 aliphatic rings. The van der Waals surface area contributed by atoms with Crippen molar-refractivity contribution in [2.24, 2.45) is 0 Å². The van der Waals surface area contributed by atoms with E-state index in [1.165, 1.54) is 38.5 Å². The smallest absolute Gasteiger partial charge is 0.0701 e. The monoisotopic (exact) mass is 389 g/mol. The van der Waals surface area contributed by atoms with Crippen molar-refractivity contribution in [1.29, 1.82) is 0 Å². The number of rotatable bonds is 10. The summed E-state index contributed by atoms with van der Waals surface area (Å²) in [6, 6.07) is 0. The van der Waals surface area contributed by atoms with E-state index in [1.54, 1.807) is 0 Å². The zero-order valence-corrected chi connectivity index (χ0v) is 17.8. The Balaban J connectivity index is 2.29. The Morgan fingerprint density at radius 1 is 0.704 bits per heavy atom. The van der Waals surface area contributed by atoms with Crippen LogP contribution < -0.4 is 0 Å². The highest BCUT2D eigenvalue weighted by molar-refractivity contribution is 4.67. The Hall–Kier alpha value is -0.240. The predicted octanol–water partition coefficient (Wildman–Crippen LogP) is 3.13. The van der Waals surface area contributed by atoms with Gasteiger partial charge in [0.05, 0.1) is 59.0 Å². The molecule has 0 aromatic carbocycles. The van der Waals surface area contributed by atoms with Crippen molar-refractivity contribution in [3.63, 3.8) is 0 Å². The Labute approximate surface area is 166 Å². The minimum atomic E-state index is 0.282. The van der Waals surface area contributed by atoms with Gasteiger partial charge in [-0.05, 0) is 6.42 Å². The molecule has 1 unspecified atom stereocenters. The van der Waals surface area contributed by atoms with Gasteiger partial charge >= 0.3 is 0 Å². The van der Waals surface area contributed by atoms with Gasteiger partial charge in [0.15, 0.2) is 0 Å². The summed E-state index contributed by atoms with van der Waals surface area (Å²) in [4.78, 5) is 2.40. The molecule has 0 amide bonds. The lowest BCUT2D eigenvalue weighted by atomic mass is 10.1. The van der Waals surface area contributed by atoms with Gasteiger partial charge in [-0.2, -0.15) is 0 Å². The topological polar surface area (TPSA) is 49.4 Å². The first-order chi connectivity index (χ1) is 13.4. The Morgan fingerprint density at radius 3 is 1.70 bits per heavy atom. The second-order valence-corrected chi connectivity index (χ2v) is 7.16. The molecule has 6 heteroatoms. The lowest BCUT2D eigenvalue weighted by Crippen LogP contribution is -2.38. The molecule has 27 heavy (non-hydrogen) atoms. The number of methoxy groups -OCH3 is 1. The third-order valence-electron chi connectivity index (χ3n) is 4.89. The molecule has 1 saturated heterocycles. The van der Waals surface area contributed by atoms with E-state index >= 15 is 0 Å². The van der Waals surface area contributed by atoms with Crippen LogP contribution in [0.25, 0.3) is 0 Å². The summed E-state index contributed by atoms with van der Waals surface area (Å²) >= 11 is 0. The zero-order valence-electron chi connectivity index (χ0n) is 17.8. The van der Waals surface area contributed by atoms with Crippen LogP contribution in [0.2, 0.25) is 0 Å². The molecule has 0 aromatic heterocycles.